The van der Waals surface area contributed by atoms with Crippen LogP contribution in [0.15, 0.2) is 0 Å². The summed E-state index contributed by atoms with van der Waals surface area (Å²) in [6.45, 7) is 3.21. The molecule has 0 aliphatic carbocycles. The van der Waals surface area contributed by atoms with Gasteiger partial charge in [0.25, 0.3) is 5.91 Å². The van der Waals surface area contributed by atoms with Gasteiger partial charge in [0, 0.05) is 6.54 Å². The monoisotopic (exact) mass is 297 g/mol. The molecule has 0 aromatic carbocycles. The Kier molecular flexibility index (Phi) is 3.89. The van der Waals surface area contributed by atoms with E-state index in [1.807, 2.05) is 0 Å². The van der Waals surface area contributed by atoms with Gasteiger partial charge < -0.3 is 15.0 Å². The topological polar surface area (TPSA) is 96.0 Å². The van der Waals surface area contributed by atoms with E-state index in [4.69, 9.17) is 0 Å². The number of esters is 1. The van der Waals surface area contributed by atoms with E-state index < -0.39 is 35.4 Å². The zero-order valence-electron chi connectivity index (χ0n) is 12.3. The van der Waals surface area contributed by atoms with Crippen LogP contribution >= 0.6 is 0 Å². The summed E-state index contributed by atoms with van der Waals surface area (Å²) in [5.41, 5.74) is -1.01. The Morgan fingerprint density at radius 2 is 2.05 bits per heavy atom. The summed E-state index contributed by atoms with van der Waals surface area (Å²) in [4.78, 5) is 50.0. The molecular weight excluding hydrogens is 278 g/mol. The van der Waals surface area contributed by atoms with Crippen molar-refractivity contribution in [2.24, 2.45) is 0 Å². The minimum Gasteiger partial charge on any atom is -0.467 e. The van der Waals surface area contributed by atoms with E-state index >= 15 is 0 Å². The van der Waals surface area contributed by atoms with E-state index in [-0.39, 0.29) is 6.54 Å². The highest BCUT2D eigenvalue weighted by Gasteiger charge is 2.46. The van der Waals surface area contributed by atoms with Crippen molar-refractivity contribution >= 4 is 23.8 Å². The van der Waals surface area contributed by atoms with E-state index in [0.29, 0.717) is 19.4 Å². The van der Waals surface area contributed by atoms with Crippen molar-refractivity contribution in [2.75, 3.05) is 20.2 Å². The maximum atomic E-state index is 12.3. The SMILES string of the molecule is COC(=O)C1CCCN1C(=O)CN1C(=O)NC(C)(C)C1=O. The van der Waals surface area contributed by atoms with Crippen LogP contribution in [0.5, 0.6) is 0 Å². The van der Waals surface area contributed by atoms with E-state index in [1.54, 1.807) is 13.8 Å². The van der Waals surface area contributed by atoms with Crippen LogP contribution in [-0.2, 0) is 19.1 Å². The Morgan fingerprint density at radius 3 is 2.57 bits per heavy atom. The van der Waals surface area contributed by atoms with Crippen LogP contribution in [0, 0.1) is 0 Å². The smallest absolute Gasteiger partial charge is 0.328 e. The third kappa shape index (κ3) is 2.70. The molecule has 0 bridgehead atoms. The van der Waals surface area contributed by atoms with Crippen LogP contribution in [0.25, 0.3) is 0 Å². The van der Waals surface area contributed by atoms with Crippen LogP contribution in [0.4, 0.5) is 4.79 Å². The Labute approximate surface area is 122 Å². The lowest BCUT2D eigenvalue weighted by molar-refractivity contribution is -0.151. The van der Waals surface area contributed by atoms with Crippen molar-refractivity contribution < 1.29 is 23.9 Å². The molecule has 0 radical (unpaired) electrons. The summed E-state index contributed by atoms with van der Waals surface area (Å²) < 4.78 is 4.67. The fraction of sp³-hybridized carbons (Fsp3) is 0.692. The largest absolute Gasteiger partial charge is 0.467 e. The summed E-state index contributed by atoms with van der Waals surface area (Å²) in [5.74, 6) is -1.35. The number of likely N-dealkylation sites (tertiary alicyclic amines) is 1. The number of hydrogen-bond acceptors (Lipinski definition) is 5. The average Bonchev–Trinajstić information content (AvgIpc) is 2.97. The van der Waals surface area contributed by atoms with Gasteiger partial charge in [0.05, 0.1) is 7.11 Å². The number of imide groups is 1. The molecule has 0 aromatic heterocycles. The predicted molar refractivity (Wildman–Crippen MR) is 71.1 cm³/mol. The maximum absolute atomic E-state index is 12.3. The van der Waals surface area contributed by atoms with Gasteiger partial charge in [-0.3, -0.25) is 14.5 Å². The maximum Gasteiger partial charge on any atom is 0.328 e. The van der Waals surface area contributed by atoms with Gasteiger partial charge in [-0.15, -0.1) is 0 Å². The van der Waals surface area contributed by atoms with Crippen LogP contribution < -0.4 is 5.32 Å². The number of nitrogens with one attached hydrogen (secondary N) is 1. The molecule has 2 aliphatic heterocycles. The first-order valence-electron chi connectivity index (χ1n) is 6.79. The van der Waals surface area contributed by atoms with Crippen molar-refractivity contribution in [3.05, 3.63) is 0 Å². The first-order valence-corrected chi connectivity index (χ1v) is 6.79. The van der Waals surface area contributed by atoms with E-state index in [0.717, 1.165) is 4.90 Å². The summed E-state index contributed by atoms with van der Waals surface area (Å²) >= 11 is 0. The zero-order valence-corrected chi connectivity index (χ0v) is 12.3. The average molecular weight is 297 g/mol. The van der Waals surface area contributed by atoms with Gasteiger partial charge in [-0.05, 0) is 26.7 Å². The van der Waals surface area contributed by atoms with Crippen molar-refractivity contribution in [3.63, 3.8) is 0 Å². The van der Waals surface area contributed by atoms with Gasteiger partial charge in [-0.1, -0.05) is 0 Å². The molecule has 2 fully saturated rings. The Balaban J connectivity index is 2.06. The summed E-state index contributed by atoms with van der Waals surface area (Å²) in [5, 5.41) is 2.51. The van der Waals surface area contributed by atoms with Gasteiger partial charge in [0.15, 0.2) is 0 Å². The second kappa shape index (κ2) is 5.34. The minimum atomic E-state index is -1.01. The van der Waals surface area contributed by atoms with Crippen LogP contribution in [0.1, 0.15) is 26.7 Å². The molecule has 0 aromatic rings. The summed E-state index contributed by atoms with van der Waals surface area (Å²) in [6, 6.07) is -1.22. The number of hydrogen-bond donors (Lipinski definition) is 1. The molecule has 0 spiro atoms. The molecular formula is C13H19N3O5. The minimum absolute atomic E-state index is 0.360. The van der Waals surface area contributed by atoms with E-state index in [1.165, 1.54) is 12.0 Å². The normalized spacial score (nSPS) is 24.2. The fourth-order valence-corrected chi connectivity index (χ4v) is 2.63. The number of amides is 4. The van der Waals surface area contributed by atoms with Crippen molar-refractivity contribution in [1.29, 1.82) is 0 Å². The molecule has 8 heteroatoms. The number of carbonyl (C=O) groups is 4. The molecule has 2 heterocycles. The molecule has 2 aliphatic rings. The highest BCUT2D eigenvalue weighted by molar-refractivity contribution is 6.08. The van der Waals surface area contributed by atoms with Gasteiger partial charge in [-0.2, -0.15) is 0 Å². The van der Waals surface area contributed by atoms with Crippen molar-refractivity contribution in [2.45, 2.75) is 38.3 Å². The lowest BCUT2D eigenvalue weighted by Gasteiger charge is -2.24. The number of urea groups is 1. The summed E-state index contributed by atoms with van der Waals surface area (Å²) in [6.07, 6.45) is 1.22. The Hall–Kier alpha value is -2.12. The second-order valence-electron chi connectivity index (χ2n) is 5.71. The first-order chi connectivity index (χ1) is 9.77. The number of nitrogens with zero attached hydrogens (tertiary/aromatic N) is 2. The lowest BCUT2D eigenvalue weighted by atomic mass is 10.1. The molecule has 1 N–H and O–H groups in total. The first kappa shape index (κ1) is 15.3. The number of ether oxygens (including phenoxy) is 1. The molecule has 116 valence electrons. The lowest BCUT2D eigenvalue weighted by Crippen LogP contribution is -2.48. The van der Waals surface area contributed by atoms with Crippen LogP contribution in [-0.4, -0.2) is 65.4 Å². The van der Waals surface area contributed by atoms with Crippen LogP contribution in [0.3, 0.4) is 0 Å². The molecule has 1 unspecified atom stereocenters. The Morgan fingerprint density at radius 1 is 1.38 bits per heavy atom. The van der Waals surface area contributed by atoms with Gasteiger partial charge in [-0.25, -0.2) is 9.59 Å². The highest BCUT2D eigenvalue weighted by atomic mass is 16.5. The van der Waals surface area contributed by atoms with E-state index in [2.05, 4.69) is 10.1 Å². The standard InChI is InChI=1S/C13H19N3O5/c1-13(2)11(19)16(12(20)14-13)7-9(17)15-6-4-5-8(15)10(18)21-3/h8H,4-7H2,1-3H3,(H,14,20). The molecule has 1 atom stereocenters. The quantitative estimate of drug-likeness (QED) is 0.558. The van der Waals surface area contributed by atoms with Gasteiger partial charge in [0.1, 0.15) is 18.1 Å². The summed E-state index contributed by atoms with van der Waals surface area (Å²) in [7, 11) is 1.27. The third-order valence-corrected chi connectivity index (χ3v) is 3.78. The molecule has 4 amide bonds. The van der Waals surface area contributed by atoms with Gasteiger partial charge in [0.2, 0.25) is 5.91 Å². The van der Waals surface area contributed by atoms with Crippen molar-refractivity contribution in [3.8, 4) is 0 Å². The Bertz CT molecular complexity index is 502. The molecule has 2 rings (SSSR count). The van der Waals surface area contributed by atoms with Gasteiger partial charge >= 0.3 is 12.0 Å². The highest BCUT2D eigenvalue weighted by Crippen LogP contribution is 2.21. The molecule has 21 heavy (non-hydrogen) atoms. The molecule has 2 saturated heterocycles. The number of rotatable bonds is 3. The van der Waals surface area contributed by atoms with Crippen LogP contribution in [0.2, 0.25) is 0 Å². The number of carbonyl (C=O) groups excluding carboxylic acids is 4. The number of methoxy groups -OCH3 is 1. The van der Waals surface area contributed by atoms with Crippen molar-refractivity contribution in [1.82, 2.24) is 15.1 Å². The van der Waals surface area contributed by atoms with E-state index in [9.17, 15) is 19.2 Å². The predicted octanol–water partition coefficient (Wildman–Crippen LogP) is -0.519. The fourth-order valence-electron chi connectivity index (χ4n) is 2.63. The molecule has 0 saturated carbocycles. The third-order valence-electron chi connectivity index (χ3n) is 3.78. The molecule has 8 nitrogen and oxygen atoms in total. The second-order valence-corrected chi connectivity index (χ2v) is 5.71. The zero-order chi connectivity index (χ0) is 15.8.